The van der Waals surface area contributed by atoms with Crippen LogP contribution in [0.2, 0.25) is 0 Å². The first-order valence-electron chi connectivity index (χ1n) is 6.50. The molecule has 108 valence electrons. The molecule has 0 bridgehead atoms. The van der Waals surface area contributed by atoms with E-state index >= 15 is 0 Å². The molecular formula is C14H23NO3S. The van der Waals surface area contributed by atoms with Gasteiger partial charge >= 0.3 is 0 Å². The summed E-state index contributed by atoms with van der Waals surface area (Å²) in [5.74, 6) is 0.837. The van der Waals surface area contributed by atoms with Gasteiger partial charge in [0.25, 0.3) is 0 Å². The summed E-state index contributed by atoms with van der Waals surface area (Å²) in [7, 11) is -3.09. The third-order valence-electron chi connectivity index (χ3n) is 3.30. The Kier molecular flexibility index (Phi) is 5.82. The van der Waals surface area contributed by atoms with Crippen LogP contribution in [-0.2, 0) is 16.4 Å². The van der Waals surface area contributed by atoms with Crippen molar-refractivity contribution in [3.63, 3.8) is 0 Å². The average Bonchev–Trinajstić information content (AvgIpc) is 2.38. The molecule has 1 aromatic carbocycles. The van der Waals surface area contributed by atoms with Crippen LogP contribution in [0.25, 0.3) is 0 Å². The van der Waals surface area contributed by atoms with E-state index in [0.29, 0.717) is 12.3 Å². The molecule has 0 aromatic heterocycles. The number of ether oxygens (including phenoxy) is 1. The summed E-state index contributed by atoms with van der Waals surface area (Å²) in [4.78, 5) is 0. The second-order valence-electron chi connectivity index (χ2n) is 5.01. The van der Waals surface area contributed by atoms with Crippen LogP contribution < -0.4 is 10.5 Å². The molecule has 0 aliphatic rings. The van der Waals surface area contributed by atoms with E-state index in [-0.39, 0.29) is 23.5 Å². The zero-order valence-corrected chi connectivity index (χ0v) is 12.6. The predicted molar refractivity (Wildman–Crippen MR) is 77.9 cm³/mol. The number of rotatable bonds is 7. The van der Waals surface area contributed by atoms with Gasteiger partial charge in [-0.15, -0.1) is 0 Å². The van der Waals surface area contributed by atoms with Crippen LogP contribution in [0.1, 0.15) is 26.3 Å². The van der Waals surface area contributed by atoms with E-state index in [9.17, 15) is 8.42 Å². The van der Waals surface area contributed by atoms with Crippen molar-refractivity contribution in [2.45, 2.75) is 32.6 Å². The first-order chi connectivity index (χ1) is 8.86. The van der Waals surface area contributed by atoms with Crippen molar-refractivity contribution in [1.82, 2.24) is 0 Å². The molecule has 1 unspecified atom stereocenters. The number of benzene rings is 1. The molecule has 1 rings (SSSR count). The zero-order chi connectivity index (χ0) is 14.5. The van der Waals surface area contributed by atoms with Crippen LogP contribution in [0.15, 0.2) is 24.3 Å². The molecule has 0 heterocycles. The molecule has 5 heteroatoms. The number of sulfone groups is 1. The van der Waals surface area contributed by atoms with Gasteiger partial charge < -0.3 is 10.5 Å². The average molecular weight is 285 g/mol. The predicted octanol–water partition coefficient (Wildman–Crippen LogP) is 1.98. The van der Waals surface area contributed by atoms with Gasteiger partial charge in [-0.3, -0.25) is 0 Å². The molecule has 0 amide bonds. The molecular weight excluding hydrogens is 262 g/mol. The first kappa shape index (κ1) is 16.0. The molecule has 0 fully saturated rings. The Morgan fingerprint density at radius 1 is 1.16 bits per heavy atom. The minimum Gasteiger partial charge on any atom is -0.493 e. The lowest BCUT2D eigenvalue weighted by atomic mass is 10.2. The Hall–Kier alpha value is -1.07. The molecule has 19 heavy (non-hydrogen) atoms. The van der Waals surface area contributed by atoms with Crippen molar-refractivity contribution in [3.05, 3.63) is 29.8 Å². The zero-order valence-electron chi connectivity index (χ0n) is 11.8. The highest BCUT2D eigenvalue weighted by molar-refractivity contribution is 7.92. The van der Waals surface area contributed by atoms with Crippen LogP contribution in [0, 0.1) is 5.92 Å². The lowest BCUT2D eigenvalue weighted by molar-refractivity contribution is 0.340. The second-order valence-corrected chi connectivity index (χ2v) is 7.49. The molecule has 0 saturated heterocycles. The molecule has 0 spiro atoms. The van der Waals surface area contributed by atoms with E-state index in [1.165, 1.54) is 0 Å². The lowest BCUT2D eigenvalue weighted by Gasteiger charge is -2.16. The molecule has 1 aromatic rings. The SMILES string of the molecule is CC(C)C(C)S(=O)(=O)CCOc1ccc(CN)cc1. The highest BCUT2D eigenvalue weighted by Crippen LogP contribution is 2.14. The summed E-state index contributed by atoms with van der Waals surface area (Å²) < 4.78 is 29.4. The van der Waals surface area contributed by atoms with Crippen molar-refractivity contribution in [1.29, 1.82) is 0 Å². The molecule has 0 aliphatic carbocycles. The monoisotopic (exact) mass is 285 g/mol. The Bertz CT molecular complexity index is 480. The molecule has 2 N–H and O–H groups in total. The summed E-state index contributed by atoms with van der Waals surface area (Å²) in [5.41, 5.74) is 6.52. The Morgan fingerprint density at radius 2 is 1.74 bits per heavy atom. The standard InChI is InChI=1S/C14H23NO3S/c1-11(2)12(3)19(16,17)9-8-18-14-6-4-13(10-15)5-7-14/h4-7,11-12H,8-10,15H2,1-3H3. The summed E-state index contributed by atoms with van der Waals surface area (Å²) in [6.45, 7) is 6.24. The van der Waals surface area contributed by atoms with Gasteiger partial charge in [0.1, 0.15) is 12.4 Å². The van der Waals surface area contributed by atoms with Crippen molar-refractivity contribution < 1.29 is 13.2 Å². The first-order valence-corrected chi connectivity index (χ1v) is 8.21. The normalized spacial score (nSPS) is 13.5. The van der Waals surface area contributed by atoms with Gasteiger partial charge in [-0.25, -0.2) is 8.42 Å². The highest BCUT2D eigenvalue weighted by Gasteiger charge is 2.23. The topological polar surface area (TPSA) is 69.4 Å². The Morgan fingerprint density at radius 3 is 2.21 bits per heavy atom. The van der Waals surface area contributed by atoms with Gasteiger partial charge in [-0.1, -0.05) is 26.0 Å². The minimum atomic E-state index is -3.09. The van der Waals surface area contributed by atoms with Crippen LogP contribution in [0.4, 0.5) is 0 Å². The van der Waals surface area contributed by atoms with Crippen molar-refractivity contribution >= 4 is 9.84 Å². The van der Waals surface area contributed by atoms with E-state index in [1.54, 1.807) is 19.1 Å². The smallest absolute Gasteiger partial charge is 0.156 e. The molecule has 1 atom stereocenters. The third-order valence-corrected chi connectivity index (χ3v) is 5.71. The molecule has 0 radical (unpaired) electrons. The summed E-state index contributed by atoms with van der Waals surface area (Å²) >= 11 is 0. The van der Waals surface area contributed by atoms with E-state index in [1.807, 2.05) is 26.0 Å². The fraction of sp³-hybridized carbons (Fsp3) is 0.571. The van der Waals surface area contributed by atoms with Gasteiger partial charge in [0.05, 0.1) is 11.0 Å². The molecule has 0 aliphatic heterocycles. The molecule has 0 saturated carbocycles. The molecule has 4 nitrogen and oxygen atoms in total. The largest absolute Gasteiger partial charge is 0.493 e. The Balaban J connectivity index is 2.49. The van der Waals surface area contributed by atoms with Crippen LogP contribution >= 0.6 is 0 Å². The van der Waals surface area contributed by atoms with E-state index in [2.05, 4.69) is 0 Å². The van der Waals surface area contributed by atoms with Crippen molar-refractivity contribution in [2.75, 3.05) is 12.4 Å². The van der Waals surface area contributed by atoms with Gasteiger partial charge in [-0.2, -0.15) is 0 Å². The Labute approximate surface area is 115 Å². The fourth-order valence-electron chi connectivity index (χ4n) is 1.60. The van der Waals surface area contributed by atoms with E-state index < -0.39 is 9.84 Å². The van der Waals surface area contributed by atoms with E-state index in [4.69, 9.17) is 10.5 Å². The van der Waals surface area contributed by atoms with E-state index in [0.717, 1.165) is 5.56 Å². The van der Waals surface area contributed by atoms with Crippen molar-refractivity contribution in [2.24, 2.45) is 11.7 Å². The summed E-state index contributed by atoms with van der Waals surface area (Å²) in [6, 6.07) is 7.36. The lowest BCUT2D eigenvalue weighted by Crippen LogP contribution is -2.28. The number of nitrogens with two attached hydrogens (primary N) is 1. The minimum absolute atomic E-state index is 0.0466. The van der Waals surface area contributed by atoms with Gasteiger partial charge in [0.15, 0.2) is 9.84 Å². The summed E-state index contributed by atoms with van der Waals surface area (Å²) in [5, 5.41) is -0.337. The summed E-state index contributed by atoms with van der Waals surface area (Å²) in [6.07, 6.45) is 0. The maximum atomic E-state index is 12.0. The fourth-order valence-corrected chi connectivity index (χ4v) is 3.11. The third kappa shape index (κ3) is 4.84. The number of hydrogen-bond acceptors (Lipinski definition) is 4. The van der Waals surface area contributed by atoms with Crippen LogP contribution in [0.5, 0.6) is 5.75 Å². The van der Waals surface area contributed by atoms with Gasteiger partial charge in [0.2, 0.25) is 0 Å². The van der Waals surface area contributed by atoms with Crippen molar-refractivity contribution in [3.8, 4) is 5.75 Å². The quantitative estimate of drug-likeness (QED) is 0.831. The van der Waals surface area contributed by atoms with Gasteiger partial charge in [0, 0.05) is 6.54 Å². The van der Waals surface area contributed by atoms with Crippen LogP contribution in [-0.4, -0.2) is 26.0 Å². The second kappa shape index (κ2) is 6.91. The van der Waals surface area contributed by atoms with Gasteiger partial charge in [-0.05, 0) is 30.5 Å². The number of hydrogen-bond donors (Lipinski definition) is 1. The maximum Gasteiger partial charge on any atom is 0.156 e. The van der Waals surface area contributed by atoms with Crippen LogP contribution in [0.3, 0.4) is 0 Å². The highest BCUT2D eigenvalue weighted by atomic mass is 32.2. The maximum absolute atomic E-state index is 12.0.